The molecule has 1 aliphatic heterocycles. The highest BCUT2D eigenvalue weighted by atomic mass is 32.1. The van der Waals surface area contributed by atoms with Gasteiger partial charge in [-0.3, -0.25) is 19.2 Å². The van der Waals surface area contributed by atoms with E-state index < -0.39 is 23.7 Å². The number of H-pyrrole nitrogens is 1. The van der Waals surface area contributed by atoms with Crippen molar-refractivity contribution >= 4 is 45.0 Å². The van der Waals surface area contributed by atoms with E-state index in [0.29, 0.717) is 31.1 Å². The smallest absolute Gasteiger partial charge is 0.380 e. The molecule has 2 fully saturated rings. The van der Waals surface area contributed by atoms with Crippen LogP contribution in [0.2, 0.25) is 0 Å². The Morgan fingerprint density at radius 2 is 1.83 bits per heavy atom. The number of allylic oxidation sites excluding steroid dienone is 2. The summed E-state index contributed by atoms with van der Waals surface area (Å²) in [5, 5.41) is 2.65. The van der Waals surface area contributed by atoms with Gasteiger partial charge in [-0.05, 0) is 93.0 Å². The number of aromatic nitrogens is 1. The predicted molar refractivity (Wildman–Crippen MR) is 201 cm³/mol. The van der Waals surface area contributed by atoms with E-state index in [1.54, 1.807) is 0 Å². The maximum atomic E-state index is 12.6. The number of nitrogens with two attached hydrogens (primary N) is 1. The highest BCUT2D eigenvalue weighted by Gasteiger charge is 2.41. The van der Waals surface area contributed by atoms with E-state index >= 15 is 0 Å². The number of hydrogen-bond acceptors (Lipinski definition) is 7. The van der Waals surface area contributed by atoms with Gasteiger partial charge < -0.3 is 25.8 Å². The Balaban J connectivity index is 0.000000186. The summed E-state index contributed by atoms with van der Waals surface area (Å²) in [5.74, 6) is 0.200. The van der Waals surface area contributed by atoms with Crippen LogP contribution in [0.1, 0.15) is 63.0 Å². The van der Waals surface area contributed by atoms with Gasteiger partial charge in [-0.15, -0.1) is 0 Å². The van der Waals surface area contributed by atoms with E-state index in [1.165, 1.54) is 53.2 Å². The number of thiazole rings is 1. The van der Waals surface area contributed by atoms with Gasteiger partial charge in [0.2, 0.25) is 11.8 Å². The molecule has 6 rings (SSSR count). The van der Waals surface area contributed by atoms with Crippen molar-refractivity contribution in [3.05, 3.63) is 106 Å². The van der Waals surface area contributed by atoms with Crippen LogP contribution in [0.3, 0.4) is 0 Å². The molecule has 4 aromatic rings. The first-order valence-corrected chi connectivity index (χ1v) is 18.4. The number of nitrogens with one attached hydrogen (secondary N) is 3. The lowest BCUT2D eigenvalue weighted by Crippen LogP contribution is -2.45. The van der Waals surface area contributed by atoms with Gasteiger partial charge in [0.15, 0.2) is 5.75 Å². The molecular weight excluding hydrogens is 708 g/mol. The van der Waals surface area contributed by atoms with Crippen LogP contribution in [0.25, 0.3) is 10.2 Å². The average molecular weight is 754 g/mol. The number of carbonyl (C=O) groups is 3. The summed E-state index contributed by atoms with van der Waals surface area (Å²) < 4.78 is 38.8. The van der Waals surface area contributed by atoms with Crippen molar-refractivity contribution in [2.24, 2.45) is 17.6 Å². The molecule has 1 saturated heterocycles. The first-order valence-electron chi connectivity index (χ1n) is 17.6. The van der Waals surface area contributed by atoms with Crippen molar-refractivity contribution in [2.75, 3.05) is 18.4 Å². The van der Waals surface area contributed by atoms with Crippen molar-refractivity contribution in [3.8, 4) is 5.75 Å². The maximum Gasteiger partial charge on any atom is 0.416 e. The van der Waals surface area contributed by atoms with Gasteiger partial charge in [-0.1, -0.05) is 73.6 Å². The minimum Gasteiger partial charge on any atom is -0.380 e. The highest BCUT2D eigenvalue weighted by molar-refractivity contribution is 7.16. The third kappa shape index (κ3) is 13.1. The van der Waals surface area contributed by atoms with Gasteiger partial charge >= 0.3 is 11.0 Å². The van der Waals surface area contributed by atoms with Crippen LogP contribution in [0.5, 0.6) is 5.75 Å². The maximum absolute atomic E-state index is 12.6. The quantitative estimate of drug-likeness (QED) is 0.0676. The van der Waals surface area contributed by atoms with Crippen LogP contribution < -0.4 is 26.2 Å². The Kier molecular flexibility index (Phi) is 15.1. The monoisotopic (exact) mass is 753 g/mol. The number of aromatic amines is 1. The summed E-state index contributed by atoms with van der Waals surface area (Å²) in [6.07, 6.45) is 7.00. The number of benzene rings is 3. The Labute approximate surface area is 310 Å². The molecule has 1 aliphatic carbocycles. The molecule has 3 amide bonds. The summed E-state index contributed by atoms with van der Waals surface area (Å²) in [5.41, 5.74) is 9.28. The highest BCUT2D eigenvalue weighted by Crippen LogP contribution is 2.40. The molecule has 3 unspecified atom stereocenters. The molecular formula is C39H46F3N5O5S. The van der Waals surface area contributed by atoms with Crippen molar-refractivity contribution in [1.29, 1.82) is 0 Å². The van der Waals surface area contributed by atoms with E-state index in [-0.39, 0.29) is 34.8 Å². The van der Waals surface area contributed by atoms with E-state index in [4.69, 9.17) is 10.6 Å². The SMILES string of the molecule is CCCCC/C=C\C1CC1C(=O)NOc1ccccc1.Cc1ccc2[nH]c(=O)sc2c1.NC(=O)C1CCCN1C(=O)CNc1cccc(C(F)(F)F)c1. The third-order valence-electron chi connectivity index (χ3n) is 8.66. The van der Waals surface area contributed by atoms with Crippen LogP contribution in [0.15, 0.2) is 89.7 Å². The lowest BCUT2D eigenvalue weighted by molar-refractivity contribution is -0.137. The number of likely N-dealkylation sites (tertiary alicyclic amines) is 1. The van der Waals surface area contributed by atoms with Gasteiger partial charge in [-0.2, -0.15) is 18.7 Å². The summed E-state index contributed by atoms with van der Waals surface area (Å²) >= 11 is 1.26. The molecule has 53 heavy (non-hydrogen) atoms. The van der Waals surface area contributed by atoms with E-state index in [0.717, 1.165) is 35.2 Å². The standard InChI is InChI=1S/C17H23NO2.C14H16F3N3O2.C8H7NOS/c1-2-3-4-5-7-10-14-13-16(14)17(19)18-20-15-11-8-6-9-12-15;15-14(16,17)9-3-1-4-10(7-9)19-8-12(21)20-6-2-5-11(20)13(18)22;1-5-2-3-6-7(4-5)11-8(10)9-6/h6-12,14,16H,2-5,13H2,1H3,(H,18,19);1,3-4,7,11,19H,2,5-6,8H2,(H2,18,22);2-4H,1H3,(H,9,10)/b10-7-;;. The van der Waals surface area contributed by atoms with Crippen molar-refractivity contribution in [3.63, 3.8) is 0 Å². The molecule has 3 aromatic carbocycles. The van der Waals surface area contributed by atoms with Gasteiger partial charge in [0.25, 0.3) is 5.91 Å². The number of carbonyl (C=O) groups excluding carboxylic acids is 3. The summed E-state index contributed by atoms with van der Waals surface area (Å²) in [6, 6.07) is 19.2. The molecule has 3 atom stereocenters. The van der Waals surface area contributed by atoms with Gasteiger partial charge in [0.05, 0.1) is 22.3 Å². The molecule has 2 aliphatic rings. The number of unbranched alkanes of at least 4 members (excludes halogenated alkanes) is 3. The lowest BCUT2D eigenvalue weighted by atomic mass is 10.2. The summed E-state index contributed by atoms with van der Waals surface area (Å²) in [7, 11) is 0. The minimum absolute atomic E-state index is 0.0166. The molecule has 1 aromatic heterocycles. The number of aryl methyl sites for hydroxylation is 1. The third-order valence-corrected chi connectivity index (χ3v) is 9.50. The second-order valence-electron chi connectivity index (χ2n) is 12.9. The van der Waals surface area contributed by atoms with Crippen molar-refractivity contribution < 1.29 is 32.4 Å². The lowest BCUT2D eigenvalue weighted by Gasteiger charge is -2.22. The van der Waals surface area contributed by atoms with E-state index in [1.807, 2.05) is 55.5 Å². The molecule has 14 heteroatoms. The van der Waals surface area contributed by atoms with Crippen LogP contribution in [0, 0.1) is 18.8 Å². The molecule has 0 spiro atoms. The Morgan fingerprint density at radius 3 is 2.55 bits per heavy atom. The first kappa shape index (κ1) is 40.7. The number of nitrogens with zero attached hydrogens (tertiary/aromatic N) is 1. The zero-order chi connectivity index (χ0) is 38.4. The van der Waals surface area contributed by atoms with Crippen molar-refractivity contribution in [1.82, 2.24) is 15.4 Å². The second kappa shape index (κ2) is 19.6. The first-order chi connectivity index (χ1) is 25.3. The fourth-order valence-electron chi connectivity index (χ4n) is 5.68. The molecule has 2 heterocycles. The van der Waals surface area contributed by atoms with Crippen LogP contribution in [-0.4, -0.2) is 46.7 Å². The molecule has 1 saturated carbocycles. The number of para-hydroxylation sites is 1. The molecule has 284 valence electrons. The van der Waals surface area contributed by atoms with Crippen LogP contribution >= 0.6 is 11.3 Å². The molecule has 0 bridgehead atoms. The average Bonchev–Trinajstić information content (AvgIpc) is 3.54. The number of fused-ring (bicyclic) bond motifs is 1. The number of hydrogen-bond donors (Lipinski definition) is 4. The zero-order valence-corrected chi connectivity index (χ0v) is 30.6. The number of hydroxylamine groups is 1. The van der Waals surface area contributed by atoms with Gasteiger partial charge in [-0.25, -0.2) is 0 Å². The number of rotatable bonds is 12. The Hall–Kier alpha value is -5.11. The van der Waals surface area contributed by atoms with Gasteiger partial charge in [0.1, 0.15) is 6.04 Å². The fraction of sp³-hybridized carbons (Fsp3) is 0.385. The number of anilines is 1. The Morgan fingerprint density at radius 1 is 1.06 bits per heavy atom. The topological polar surface area (TPSA) is 147 Å². The van der Waals surface area contributed by atoms with Crippen LogP contribution in [0.4, 0.5) is 18.9 Å². The summed E-state index contributed by atoms with van der Waals surface area (Å²) in [4.78, 5) is 55.4. The minimum atomic E-state index is -4.44. The number of alkyl halides is 3. The van der Waals surface area contributed by atoms with E-state index in [2.05, 4.69) is 34.9 Å². The fourth-order valence-corrected chi connectivity index (χ4v) is 6.52. The Bertz CT molecular complexity index is 1900. The van der Waals surface area contributed by atoms with Crippen molar-refractivity contribution in [2.45, 2.75) is 71.0 Å². The number of amides is 3. The zero-order valence-electron chi connectivity index (χ0n) is 29.8. The largest absolute Gasteiger partial charge is 0.416 e. The molecule has 5 N–H and O–H groups in total. The normalized spacial score (nSPS) is 17.7. The molecule has 0 radical (unpaired) electrons. The number of primary amides is 1. The molecule has 10 nitrogen and oxygen atoms in total. The number of halogens is 3. The second-order valence-corrected chi connectivity index (χ2v) is 13.9. The van der Waals surface area contributed by atoms with E-state index in [9.17, 15) is 32.3 Å². The van der Waals surface area contributed by atoms with Crippen LogP contribution in [-0.2, 0) is 20.6 Å². The predicted octanol–water partition coefficient (Wildman–Crippen LogP) is 7.36. The summed E-state index contributed by atoms with van der Waals surface area (Å²) in [6.45, 7) is 4.46. The van der Waals surface area contributed by atoms with Gasteiger partial charge in [0, 0.05) is 18.2 Å².